The number of fused-ring (bicyclic) bond motifs is 2. The molecule has 31 heavy (non-hydrogen) atoms. The summed E-state index contributed by atoms with van der Waals surface area (Å²) in [5.41, 5.74) is 3.29. The van der Waals surface area contributed by atoms with Crippen LogP contribution in [0, 0.1) is 12.7 Å². The molecule has 3 aromatic rings. The van der Waals surface area contributed by atoms with Gasteiger partial charge in [-0.15, -0.1) is 11.8 Å². The molecule has 2 amide bonds. The van der Waals surface area contributed by atoms with Crippen molar-refractivity contribution in [1.29, 1.82) is 0 Å². The highest BCUT2D eigenvalue weighted by Crippen LogP contribution is 2.56. The van der Waals surface area contributed by atoms with E-state index in [-0.39, 0.29) is 17.6 Å². The molecule has 5 rings (SSSR count). The molecule has 0 bridgehead atoms. The second kappa shape index (κ2) is 7.39. The van der Waals surface area contributed by atoms with Gasteiger partial charge in [-0.2, -0.15) is 0 Å². The maximum absolute atomic E-state index is 14.4. The molecule has 3 aromatic carbocycles. The second-order valence-corrected chi connectivity index (χ2v) is 9.23. The molecular weight excluding hydrogens is 435 g/mol. The van der Waals surface area contributed by atoms with Gasteiger partial charge in [-0.1, -0.05) is 48.0 Å². The second-order valence-electron chi connectivity index (χ2n) is 7.63. The highest BCUT2D eigenvalue weighted by Gasteiger charge is 2.60. The van der Waals surface area contributed by atoms with Gasteiger partial charge in [0.05, 0.1) is 18.0 Å². The summed E-state index contributed by atoms with van der Waals surface area (Å²) in [7, 11) is 0. The van der Waals surface area contributed by atoms with Crippen molar-refractivity contribution in [1.82, 2.24) is 0 Å². The minimum atomic E-state index is -1.25. The molecule has 7 heteroatoms. The van der Waals surface area contributed by atoms with Crippen molar-refractivity contribution < 1.29 is 14.0 Å². The van der Waals surface area contributed by atoms with Crippen LogP contribution in [-0.2, 0) is 21.0 Å². The van der Waals surface area contributed by atoms with Gasteiger partial charge in [0.2, 0.25) is 10.8 Å². The lowest BCUT2D eigenvalue weighted by Crippen LogP contribution is -2.49. The third-order valence-electron chi connectivity index (χ3n) is 5.73. The molecule has 2 heterocycles. The molecule has 2 aliphatic heterocycles. The lowest BCUT2D eigenvalue weighted by Gasteiger charge is -2.33. The largest absolute Gasteiger partial charge is 0.304 e. The molecule has 1 atom stereocenters. The molecule has 0 aromatic heterocycles. The van der Waals surface area contributed by atoms with E-state index in [1.54, 1.807) is 36.1 Å². The van der Waals surface area contributed by atoms with Crippen LogP contribution in [0.1, 0.15) is 16.7 Å². The van der Waals surface area contributed by atoms with Crippen LogP contribution >= 0.6 is 23.4 Å². The first-order valence-electron chi connectivity index (χ1n) is 9.81. The Kier molecular flexibility index (Phi) is 4.79. The topological polar surface area (TPSA) is 40.6 Å². The number of thioether (sulfide) groups is 1. The van der Waals surface area contributed by atoms with Crippen molar-refractivity contribution in [3.63, 3.8) is 0 Å². The van der Waals surface area contributed by atoms with Gasteiger partial charge in [-0.3, -0.25) is 14.5 Å². The monoisotopic (exact) mass is 452 g/mol. The normalized spacial score (nSPS) is 20.1. The predicted octanol–water partition coefficient (Wildman–Crippen LogP) is 5.27. The fraction of sp³-hybridized carbons (Fsp3) is 0.167. The molecule has 0 saturated carbocycles. The van der Waals surface area contributed by atoms with Crippen molar-refractivity contribution in [3.8, 4) is 0 Å². The zero-order valence-electron chi connectivity index (χ0n) is 16.6. The van der Waals surface area contributed by atoms with Crippen molar-refractivity contribution in [2.45, 2.75) is 18.3 Å². The predicted molar refractivity (Wildman–Crippen MR) is 122 cm³/mol. The van der Waals surface area contributed by atoms with Crippen LogP contribution in [0.25, 0.3) is 0 Å². The van der Waals surface area contributed by atoms with Crippen LogP contribution in [0.5, 0.6) is 0 Å². The van der Waals surface area contributed by atoms with E-state index in [0.717, 1.165) is 16.8 Å². The van der Waals surface area contributed by atoms with Crippen molar-refractivity contribution in [2.24, 2.45) is 0 Å². The number of hydrogen-bond acceptors (Lipinski definition) is 3. The minimum absolute atomic E-state index is 0.143. The number of carbonyl (C=O) groups excluding carboxylic acids is 2. The molecule has 156 valence electrons. The van der Waals surface area contributed by atoms with Gasteiger partial charge in [-0.05, 0) is 48.4 Å². The van der Waals surface area contributed by atoms with Crippen molar-refractivity contribution >= 4 is 46.6 Å². The van der Waals surface area contributed by atoms with E-state index in [1.807, 2.05) is 36.4 Å². The summed E-state index contributed by atoms with van der Waals surface area (Å²) in [5.74, 6) is -0.691. The summed E-state index contributed by atoms with van der Waals surface area (Å²) in [6, 6.07) is 19.5. The summed E-state index contributed by atoms with van der Waals surface area (Å²) < 4.78 is 14.4. The first-order chi connectivity index (χ1) is 14.9. The molecule has 0 N–H and O–H groups in total. The van der Waals surface area contributed by atoms with E-state index in [1.165, 1.54) is 22.7 Å². The standard InChI is InChI=1S/C24H18ClFN2O2S/c1-15-6-11-18(12-20(15)26)28-22(29)14-31-24(28)19-4-2-3-5-21(19)27(23(24)30)13-16-7-9-17(25)10-8-16/h2-12H,13-14H2,1H3. The summed E-state index contributed by atoms with van der Waals surface area (Å²) in [6.07, 6.45) is 0. The molecule has 0 radical (unpaired) electrons. The Morgan fingerprint density at radius 1 is 1.06 bits per heavy atom. The van der Waals surface area contributed by atoms with Crippen molar-refractivity contribution in [3.05, 3.63) is 94.3 Å². The molecule has 4 nitrogen and oxygen atoms in total. The maximum atomic E-state index is 14.4. The van der Waals surface area contributed by atoms with Crippen LogP contribution < -0.4 is 9.80 Å². The first kappa shape index (κ1) is 20.1. The summed E-state index contributed by atoms with van der Waals surface area (Å²) in [6.45, 7) is 2.01. The number of para-hydroxylation sites is 1. The van der Waals surface area contributed by atoms with E-state index in [2.05, 4.69) is 0 Å². The summed E-state index contributed by atoms with van der Waals surface area (Å²) in [5, 5.41) is 0.623. The van der Waals surface area contributed by atoms with Gasteiger partial charge in [0.1, 0.15) is 5.82 Å². The number of anilines is 2. The van der Waals surface area contributed by atoms with E-state index in [0.29, 0.717) is 22.8 Å². The highest BCUT2D eigenvalue weighted by atomic mass is 35.5. The molecule has 1 saturated heterocycles. The van der Waals surface area contributed by atoms with Crippen LogP contribution in [0.4, 0.5) is 15.8 Å². The Balaban J connectivity index is 1.63. The Morgan fingerprint density at radius 2 is 1.81 bits per heavy atom. The van der Waals surface area contributed by atoms with Crippen LogP contribution in [0.3, 0.4) is 0 Å². The molecular formula is C24H18ClFN2O2S. The van der Waals surface area contributed by atoms with Gasteiger partial charge in [0.15, 0.2) is 0 Å². The number of benzene rings is 3. The quantitative estimate of drug-likeness (QED) is 0.543. The minimum Gasteiger partial charge on any atom is -0.304 e. The Morgan fingerprint density at radius 3 is 2.55 bits per heavy atom. The van der Waals surface area contributed by atoms with Gasteiger partial charge in [0.25, 0.3) is 5.91 Å². The number of amides is 2. The van der Waals surface area contributed by atoms with Gasteiger partial charge < -0.3 is 4.90 Å². The fourth-order valence-corrected chi connectivity index (χ4v) is 5.69. The average Bonchev–Trinajstić information content (AvgIpc) is 3.23. The summed E-state index contributed by atoms with van der Waals surface area (Å²) in [4.78, 5) is 28.8. The Labute approximate surface area is 188 Å². The molecule has 1 spiro atoms. The molecule has 2 aliphatic rings. The van der Waals surface area contributed by atoms with E-state index in [9.17, 15) is 14.0 Å². The fourth-order valence-electron chi connectivity index (χ4n) is 4.21. The number of hydrogen-bond donors (Lipinski definition) is 0. The lowest BCUT2D eigenvalue weighted by molar-refractivity contribution is -0.123. The van der Waals surface area contributed by atoms with Gasteiger partial charge in [-0.25, -0.2) is 4.39 Å². The summed E-state index contributed by atoms with van der Waals surface area (Å²) >= 11 is 7.29. The average molecular weight is 453 g/mol. The molecule has 1 unspecified atom stereocenters. The number of carbonyl (C=O) groups is 2. The van der Waals surface area contributed by atoms with Crippen LogP contribution in [0.15, 0.2) is 66.7 Å². The number of rotatable bonds is 3. The van der Waals surface area contributed by atoms with E-state index in [4.69, 9.17) is 11.6 Å². The highest BCUT2D eigenvalue weighted by molar-refractivity contribution is 8.02. The van der Waals surface area contributed by atoms with Crippen molar-refractivity contribution in [2.75, 3.05) is 15.6 Å². The Bertz CT molecular complexity index is 1220. The van der Waals surface area contributed by atoms with E-state index >= 15 is 0 Å². The zero-order chi connectivity index (χ0) is 21.8. The SMILES string of the molecule is Cc1ccc(N2C(=O)CSC23C(=O)N(Cc2ccc(Cl)cc2)c2ccccc23)cc1F. The molecule has 1 fully saturated rings. The Hall–Kier alpha value is -2.83. The first-order valence-corrected chi connectivity index (χ1v) is 11.2. The van der Waals surface area contributed by atoms with E-state index < -0.39 is 10.7 Å². The number of halogens is 2. The number of aryl methyl sites for hydroxylation is 1. The zero-order valence-corrected chi connectivity index (χ0v) is 18.2. The third kappa shape index (κ3) is 3.05. The van der Waals surface area contributed by atoms with Crippen LogP contribution in [0.2, 0.25) is 5.02 Å². The van der Waals surface area contributed by atoms with Gasteiger partial charge in [0, 0.05) is 16.3 Å². The lowest BCUT2D eigenvalue weighted by atomic mass is 10.0. The smallest absolute Gasteiger partial charge is 0.269 e. The third-order valence-corrected chi connectivity index (χ3v) is 7.37. The molecule has 0 aliphatic carbocycles. The number of nitrogens with zero attached hydrogens (tertiary/aromatic N) is 2. The van der Waals surface area contributed by atoms with Crippen LogP contribution in [-0.4, -0.2) is 17.6 Å². The maximum Gasteiger partial charge on any atom is 0.269 e. The van der Waals surface area contributed by atoms with Gasteiger partial charge >= 0.3 is 0 Å².